The molecule has 0 saturated heterocycles. The number of aromatic nitrogens is 2. The van der Waals surface area contributed by atoms with Crippen molar-refractivity contribution in [2.45, 2.75) is 6.92 Å². The number of nitrogens with zero attached hydrogens (tertiary/aromatic N) is 2. The van der Waals surface area contributed by atoms with Gasteiger partial charge in [0.2, 0.25) is 17.1 Å². The summed E-state index contributed by atoms with van der Waals surface area (Å²) in [6.07, 6.45) is 0. The molecule has 8 heteroatoms. The van der Waals surface area contributed by atoms with Gasteiger partial charge < -0.3 is 20.9 Å². The predicted molar refractivity (Wildman–Crippen MR) is 77.8 cm³/mol. The van der Waals surface area contributed by atoms with E-state index < -0.39 is 5.91 Å². The predicted octanol–water partition coefficient (Wildman–Crippen LogP) is 1.92. The molecule has 0 radical (unpaired) electrons. The number of primary amides is 1. The standard InChI is InChI=1S/C13H13ClN4O3/c1-6-10(15)12(18-13(14)17-6)21-8-4-3-7(11(16)19)5-9(8)20-2/h3-5H,15H2,1-2H3,(H2,16,19). The second-order valence-corrected chi connectivity index (χ2v) is 4.47. The molecule has 0 bridgehead atoms. The van der Waals surface area contributed by atoms with Crippen LogP contribution in [0.3, 0.4) is 0 Å². The van der Waals surface area contributed by atoms with E-state index in [2.05, 4.69) is 9.97 Å². The molecular weight excluding hydrogens is 296 g/mol. The molecule has 0 saturated carbocycles. The number of halogens is 1. The minimum absolute atomic E-state index is 0.0180. The third kappa shape index (κ3) is 3.14. The number of anilines is 1. The van der Waals surface area contributed by atoms with Gasteiger partial charge in [0.1, 0.15) is 5.69 Å². The highest BCUT2D eigenvalue weighted by Gasteiger charge is 2.14. The summed E-state index contributed by atoms with van der Waals surface area (Å²) < 4.78 is 10.7. The number of hydrogen-bond donors (Lipinski definition) is 2. The van der Waals surface area contributed by atoms with Crippen LogP contribution in [-0.2, 0) is 0 Å². The number of hydrogen-bond acceptors (Lipinski definition) is 6. The molecule has 2 aromatic rings. The number of carbonyl (C=O) groups excluding carboxylic acids is 1. The third-order valence-corrected chi connectivity index (χ3v) is 2.90. The van der Waals surface area contributed by atoms with E-state index in [-0.39, 0.29) is 16.9 Å². The van der Waals surface area contributed by atoms with Gasteiger partial charge in [0.25, 0.3) is 0 Å². The quantitative estimate of drug-likeness (QED) is 0.834. The fourth-order valence-electron chi connectivity index (χ4n) is 1.61. The number of methoxy groups -OCH3 is 1. The van der Waals surface area contributed by atoms with Crippen molar-refractivity contribution in [2.75, 3.05) is 12.8 Å². The number of nitrogens with two attached hydrogens (primary N) is 2. The Bertz CT molecular complexity index is 706. The number of amides is 1. The van der Waals surface area contributed by atoms with Crippen LogP contribution in [0, 0.1) is 6.92 Å². The van der Waals surface area contributed by atoms with E-state index in [0.29, 0.717) is 22.8 Å². The molecule has 0 aliphatic rings. The Balaban J connectivity index is 2.42. The van der Waals surface area contributed by atoms with Crippen molar-refractivity contribution < 1.29 is 14.3 Å². The SMILES string of the molecule is COc1cc(C(N)=O)ccc1Oc1nc(Cl)nc(C)c1N. The average molecular weight is 309 g/mol. The van der Waals surface area contributed by atoms with Crippen LogP contribution in [0.5, 0.6) is 17.4 Å². The second-order valence-electron chi connectivity index (χ2n) is 4.13. The molecule has 4 N–H and O–H groups in total. The van der Waals surface area contributed by atoms with Gasteiger partial charge in [-0.3, -0.25) is 4.79 Å². The molecule has 0 unspecified atom stereocenters. The summed E-state index contributed by atoms with van der Waals surface area (Å²) in [5.41, 5.74) is 12.1. The first kappa shape index (κ1) is 14.9. The Morgan fingerprint density at radius 3 is 2.62 bits per heavy atom. The van der Waals surface area contributed by atoms with E-state index in [1.165, 1.54) is 25.3 Å². The molecular formula is C13H13ClN4O3. The number of ether oxygens (including phenoxy) is 2. The molecule has 7 nitrogen and oxygen atoms in total. The van der Waals surface area contributed by atoms with Crippen molar-refractivity contribution in [1.82, 2.24) is 9.97 Å². The molecule has 0 atom stereocenters. The Morgan fingerprint density at radius 2 is 2.00 bits per heavy atom. The first-order chi connectivity index (χ1) is 9.92. The highest BCUT2D eigenvalue weighted by molar-refractivity contribution is 6.28. The van der Waals surface area contributed by atoms with E-state index in [4.69, 9.17) is 32.5 Å². The fourth-order valence-corrected chi connectivity index (χ4v) is 1.81. The summed E-state index contributed by atoms with van der Waals surface area (Å²) in [4.78, 5) is 19.0. The summed E-state index contributed by atoms with van der Waals surface area (Å²) in [5, 5.41) is 0.0180. The van der Waals surface area contributed by atoms with E-state index >= 15 is 0 Å². The summed E-state index contributed by atoms with van der Waals surface area (Å²) in [7, 11) is 1.44. The van der Waals surface area contributed by atoms with Gasteiger partial charge in [-0.25, -0.2) is 4.98 Å². The van der Waals surface area contributed by atoms with Gasteiger partial charge in [0.15, 0.2) is 11.5 Å². The number of carbonyl (C=O) groups is 1. The first-order valence-corrected chi connectivity index (χ1v) is 6.25. The lowest BCUT2D eigenvalue weighted by Gasteiger charge is -2.12. The Labute approximate surface area is 125 Å². The van der Waals surface area contributed by atoms with Gasteiger partial charge >= 0.3 is 0 Å². The van der Waals surface area contributed by atoms with Crippen LogP contribution < -0.4 is 20.9 Å². The minimum atomic E-state index is -0.569. The maximum absolute atomic E-state index is 11.1. The summed E-state index contributed by atoms with van der Waals surface area (Å²) in [6, 6.07) is 4.50. The molecule has 1 aromatic carbocycles. The molecule has 110 valence electrons. The topological polar surface area (TPSA) is 113 Å². The minimum Gasteiger partial charge on any atom is -0.493 e. The van der Waals surface area contributed by atoms with Crippen LogP contribution in [0.4, 0.5) is 5.69 Å². The zero-order chi connectivity index (χ0) is 15.6. The van der Waals surface area contributed by atoms with Crippen LogP contribution in [0.15, 0.2) is 18.2 Å². The van der Waals surface area contributed by atoms with Crippen molar-refractivity contribution in [3.63, 3.8) is 0 Å². The number of aryl methyl sites for hydroxylation is 1. The van der Waals surface area contributed by atoms with Crippen LogP contribution in [-0.4, -0.2) is 23.0 Å². The zero-order valence-electron chi connectivity index (χ0n) is 11.4. The van der Waals surface area contributed by atoms with Crippen molar-refractivity contribution in [2.24, 2.45) is 5.73 Å². The Hall–Kier alpha value is -2.54. The maximum atomic E-state index is 11.1. The van der Waals surface area contributed by atoms with Gasteiger partial charge in [-0.2, -0.15) is 4.98 Å². The van der Waals surface area contributed by atoms with Gasteiger partial charge in [0.05, 0.1) is 12.8 Å². The van der Waals surface area contributed by atoms with Crippen molar-refractivity contribution >= 4 is 23.2 Å². The van der Waals surface area contributed by atoms with Gasteiger partial charge in [-0.1, -0.05) is 0 Å². The van der Waals surface area contributed by atoms with Crippen LogP contribution in [0.1, 0.15) is 16.1 Å². The van der Waals surface area contributed by atoms with Crippen molar-refractivity contribution in [1.29, 1.82) is 0 Å². The molecule has 1 amide bonds. The molecule has 0 spiro atoms. The first-order valence-electron chi connectivity index (χ1n) is 5.87. The number of nitrogen functional groups attached to an aromatic ring is 1. The molecule has 1 heterocycles. The number of rotatable bonds is 4. The van der Waals surface area contributed by atoms with Crippen molar-refractivity contribution in [3.05, 3.63) is 34.7 Å². The second kappa shape index (κ2) is 5.84. The van der Waals surface area contributed by atoms with E-state index in [9.17, 15) is 4.79 Å². The van der Waals surface area contributed by atoms with E-state index in [1.54, 1.807) is 6.92 Å². The summed E-state index contributed by atoms with van der Waals surface area (Å²) in [6.45, 7) is 1.68. The summed E-state index contributed by atoms with van der Waals surface area (Å²) in [5.74, 6) is 0.180. The van der Waals surface area contributed by atoms with Gasteiger partial charge in [-0.05, 0) is 36.7 Å². The Kier molecular flexibility index (Phi) is 4.13. The third-order valence-electron chi connectivity index (χ3n) is 2.73. The lowest BCUT2D eigenvalue weighted by molar-refractivity contribution is 0.1000. The summed E-state index contributed by atoms with van der Waals surface area (Å²) >= 11 is 5.78. The van der Waals surface area contributed by atoms with E-state index in [1.807, 2.05) is 0 Å². The average Bonchev–Trinajstić information content (AvgIpc) is 2.44. The molecule has 1 aromatic heterocycles. The monoisotopic (exact) mass is 308 g/mol. The highest BCUT2D eigenvalue weighted by atomic mass is 35.5. The lowest BCUT2D eigenvalue weighted by atomic mass is 10.2. The molecule has 2 rings (SSSR count). The fraction of sp³-hybridized carbons (Fsp3) is 0.154. The normalized spacial score (nSPS) is 10.2. The highest BCUT2D eigenvalue weighted by Crippen LogP contribution is 2.34. The zero-order valence-corrected chi connectivity index (χ0v) is 12.1. The van der Waals surface area contributed by atoms with Crippen LogP contribution in [0.2, 0.25) is 5.28 Å². The van der Waals surface area contributed by atoms with Gasteiger partial charge in [0, 0.05) is 5.56 Å². The number of benzene rings is 1. The van der Waals surface area contributed by atoms with Crippen LogP contribution >= 0.6 is 11.6 Å². The molecule has 0 aliphatic heterocycles. The van der Waals surface area contributed by atoms with Crippen LogP contribution in [0.25, 0.3) is 0 Å². The van der Waals surface area contributed by atoms with Crippen molar-refractivity contribution in [3.8, 4) is 17.4 Å². The lowest BCUT2D eigenvalue weighted by Crippen LogP contribution is -2.11. The largest absolute Gasteiger partial charge is 0.493 e. The molecule has 0 aliphatic carbocycles. The molecule has 21 heavy (non-hydrogen) atoms. The van der Waals surface area contributed by atoms with Gasteiger partial charge in [-0.15, -0.1) is 0 Å². The maximum Gasteiger partial charge on any atom is 0.248 e. The molecule has 0 fully saturated rings. The Morgan fingerprint density at radius 1 is 1.29 bits per heavy atom. The smallest absolute Gasteiger partial charge is 0.248 e. The van der Waals surface area contributed by atoms with E-state index in [0.717, 1.165) is 0 Å².